The average molecular weight is 184 g/mol. The van der Waals surface area contributed by atoms with Crippen LogP contribution in [0, 0.1) is 0 Å². The van der Waals surface area contributed by atoms with Crippen LogP contribution in [0.25, 0.3) is 0 Å². The highest BCUT2D eigenvalue weighted by Crippen LogP contribution is 1.90. The normalized spacial score (nSPS) is 9.00. The van der Waals surface area contributed by atoms with Crippen molar-refractivity contribution in [1.29, 1.82) is 0 Å². The van der Waals surface area contributed by atoms with E-state index >= 15 is 0 Å². The first kappa shape index (κ1) is 11.7. The second-order valence-corrected chi connectivity index (χ2v) is 2.40. The Labute approximate surface area is 78.9 Å². The Kier molecular flexibility index (Phi) is 6.63. The first-order chi connectivity index (χ1) is 6.26. The predicted octanol–water partition coefficient (Wildman–Crippen LogP) is 0.974. The van der Waals surface area contributed by atoms with Crippen LogP contribution in [-0.2, 0) is 4.74 Å². The van der Waals surface area contributed by atoms with Crippen LogP contribution in [0.4, 0.5) is 4.79 Å². The van der Waals surface area contributed by atoms with E-state index in [1.807, 2.05) is 0 Å². The zero-order valence-corrected chi connectivity index (χ0v) is 7.95. The van der Waals surface area contributed by atoms with Crippen LogP contribution in [-0.4, -0.2) is 37.9 Å². The lowest BCUT2D eigenvalue weighted by Crippen LogP contribution is -2.40. The summed E-state index contributed by atoms with van der Waals surface area (Å²) in [6.45, 7) is 8.33. The van der Waals surface area contributed by atoms with Crippen molar-refractivity contribution in [2.45, 2.75) is 0 Å². The van der Waals surface area contributed by atoms with Crippen LogP contribution in [0.3, 0.4) is 0 Å². The number of rotatable bonds is 6. The molecule has 0 aromatic heterocycles. The van der Waals surface area contributed by atoms with Gasteiger partial charge in [-0.2, -0.15) is 0 Å². The maximum atomic E-state index is 11.3. The number of carbonyl (C=O) groups excluding carboxylic acids is 1. The monoisotopic (exact) mass is 184 g/mol. The number of hydrogen-bond acceptors (Lipinski definition) is 2. The minimum atomic E-state index is -0.179. The van der Waals surface area contributed by atoms with Crippen LogP contribution in [0.15, 0.2) is 25.3 Å². The smallest absolute Gasteiger partial charge is 0.319 e. The molecule has 0 spiro atoms. The molecule has 0 aromatic rings. The summed E-state index contributed by atoms with van der Waals surface area (Å²) >= 11 is 0. The molecule has 0 saturated heterocycles. The van der Waals surface area contributed by atoms with E-state index in [-0.39, 0.29) is 12.8 Å². The number of ether oxygens (including phenoxy) is 1. The van der Waals surface area contributed by atoms with E-state index in [2.05, 4.69) is 18.5 Å². The van der Waals surface area contributed by atoms with Crippen molar-refractivity contribution in [1.82, 2.24) is 10.2 Å². The lowest BCUT2D eigenvalue weighted by molar-refractivity contribution is 0.158. The molecule has 0 unspecified atom stereocenters. The van der Waals surface area contributed by atoms with Gasteiger partial charge in [0.15, 0.2) is 0 Å². The van der Waals surface area contributed by atoms with Crippen molar-refractivity contribution in [2.75, 3.05) is 26.9 Å². The van der Waals surface area contributed by atoms with E-state index in [1.165, 1.54) is 7.11 Å². The van der Waals surface area contributed by atoms with Crippen molar-refractivity contribution in [3.63, 3.8) is 0 Å². The zero-order chi connectivity index (χ0) is 10.1. The van der Waals surface area contributed by atoms with Gasteiger partial charge in [0.05, 0.1) is 0 Å². The molecule has 4 nitrogen and oxygen atoms in total. The van der Waals surface area contributed by atoms with E-state index in [0.717, 1.165) is 0 Å². The minimum absolute atomic E-state index is 0.179. The van der Waals surface area contributed by atoms with Gasteiger partial charge in [0.25, 0.3) is 0 Å². The number of amides is 2. The Bertz CT molecular complexity index is 170. The summed E-state index contributed by atoms with van der Waals surface area (Å²) in [6.07, 6.45) is 3.33. The molecule has 0 fully saturated rings. The van der Waals surface area contributed by atoms with Crippen LogP contribution >= 0.6 is 0 Å². The van der Waals surface area contributed by atoms with E-state index < -0.39 is 0 Å². The summed E-state index contributed by atoms with van der Waals surface area (Å²) < 4.78 is 4.71. The molecule has 13 heavy (non-hydrogen) atoms. The molecule has 1 N–H and O–H groups in total. The third kappa shape index (κ3) is 5.03. The summed E-state index contributed by atoms with van der Waals surface area (Å²) in [5, 5.41) is 2.57. The highest BCUT2D eigenvalue weighted by Gasteiger charge is 2.08. The summed E-state index contributed by atoms with van der Waals surface area (Å²) in [5.74, 6) is 0. The number of nitrogens with zero attached hydrogens (tertiary/aromatic N) is 1. The molecule has 0 radical (unpaired) electrons. The molecule has 0 atom stereocenters. The summed E-state index contributed by atoms with van der Waals surface area (Å²) in [4.78, 5) is 12.9. The van der Waals surface area contributed by atoms with Gasteiger partial charge in [0.1, 0.15) is 6.73 Å². The number of nitrogens with one attached hydrogen (secondary N) is 1. The molecule has 0 saturated carbocycles. The van der Waals surface area contributed by atoms with Gasteiger partial charge in [0.2, 0.25) is 0 Å². The zero-order valence-electron chi connectivity index (χ0n) is 7.95. The molecular weight excluding hydrogens is 168 g/mol. The number of hydrogen-bond donors (Lipinski definition) is 1. The van der Waals surface area contributed by atoms with Gasteiger partial charge in [-0.3, -0.25) is 0 Å². The standard InChI is InChI=1S/C9H16N2O2/c1-4-6-11(7-5-2)9(12)10-8-13-3/h4-5H,1-2,6-8H2,3H3,(H,10,12). The molecule has 0 aromatic carbocycles. The van der Waals surface area contributed by atoms with Gasteiger partial charge in [0, 0.05) is 20.2 Å². The van der Waals surface area contributed by atoms with Crippen molar-refractivity contribution in [2.24, 2.45) is 0 Å². The molecule has 4 heteroatoms. The van der Waals surface area contributed by atoms with Crippen molar-refractivity contribution >= 4 is 6.03 Å². The predicted molar refractivity (Wildman–Crippen MR) is 52.4 cm³/mol. The van der Waals surface area contributed by atoms with Crippen LogP contribution < -0.4 is 5.32 Å². The molecule has 0 heterocycles. The average Bonchev–Trinajstić information content (AvgIpc) is 2.14. The third-order valence-corrected chi connectivity index (χ3v) is 1.35. The van der Waals surface area contributed by atoms with Gasteiger partial charge >= 0.3 is 6.03 Å². The molecule has 0 bridgehead atoms. The Morgan fingerprint density at radius 3 is 2.38 bits per heavy atom. The topological polar surface area (TPSA) is 41.6 Å². The van der Waals surface area contributed by atoms with E-state index in [1.54, 1.807) is 17.1 Å². The molecule has 74 valence electrons. The fourth-order valence-electron chi connectivity index (χ4n) is 0.798. The quantitative estimate of drug-likeness (QED) is 0.493. The highest BCUT2D eigenvalue weighted by molar-refractivity contribution is 5.74. The molecule has 2 amide bonds. The van der Waals surface area contributed by atoms with Gasteiger partial charge < -0.3 is 15.0 Å². The largest absolute Gasteiger partial charge is 0.364 e. The highest BCUT2D eigenvalue weighted by atomic mass is 16.5. The van der Waals surface area contributed by atoms with E-state index in [9.17, 15) is 4.79 Å². The Hall–Kier alpha value is -1.29. The first-order valence-corrected chi connectivity index (χ1v) is 3.99. The van der Waals surface area contributed by atoms with Gasteiger partial charge in [-0.15, -0.1) is 13.2 Å². The van der Waals surface area contributed by atoms with Crippen LogP contribution in [0.1, 0.15) is 0 Å². The Morgan fingerprint density at radius 1 is 1.46 bits per heavy atom. The van der Waals surface area contributed by atoms with Crippen molar-refractivity contribution in [3.05, 3.63) is 25.3 Å². The summed E-state index contributed by atoms with van der Waals surface area (Å²) in [6, 6.07) is -0.179. The molecule has 0 rings (SSSR count). The summed E-state index contributed by atoms with van der Waals surface area (Å²) in [7, 11) is 1.52. The number of urea groups is 1. The Morgan fingerprint density at radius 2 is 2.00 bits per heavy atom. The molecule has 0 aliphatic rings. The van der Waals surface area contributed by atoms with Gasteiger partial charge in [-0.05, 0) is 0 Å². The summed E-state index contributed by atoms with van der Waals surface area (Å²) in [5.41, 5.74) is 0. The van der Waals surface area contributed by atoms with Gasteiger partial charge in [-0.1, -0.05) is 12.2 Å². The second-order valence-electron chi connectivity index (χ2n) is 2.40. The maximum absolute atomic E-state index is 11.3. The SMILES string of the molecule is C=CCN(CC=C)C(=O)NCOC. The lowest BCUT2D eigenvalue weighted by atomic mass is 10.5. The van der Waals surface area contributed by atoms with E-state index in [0.29, 0.717) is 13.1 Å². The second kappa shape index (κ2) is 7.36. The lowest BCUT2D eigenvalue weighted by Gasteiger charge is -2.19. The van der Waals surface area contributed by atoms with Crippen LogP contribution in [0.2, 0.25) is 0 Å². The van der Waals surface area contributed by atoms with Crippen molar-refractivity contribution < 1.29 is 9.53 Å². The molecular formula is C9H16N2O2. The van der Waals surface area contributed by atoms with Crippen LogP contribution in [0.5, 0.6) is 0 Å². The fraction of sp³-hybridized carbons (Fsp3) is 0.444. The molecule has 0 aliphatic heterocycles. The van der Waals surface area contributed by atoms with Gasteiger partial charge in [-0.25, -0.2) is 4.79 Å². The maximum Gasteiger partial charge on any atom is 0.319 e. The minimum Gasteiger partial charge on any atom is -0.364 e. The number of methoxy groups -OCH3 is 1. The molecule has 0 aliphatic carbocycles. The first-order valence-electron chi connectivity index (χ1n) is 3.99. The Balaban J connectivity index is 3.93. The van der Waals surface area contributed by atoms with E-state index in [4.69, 9.17) is 4.74 Å². The fourth-order valence-corrected chi connectivity index (χ4v) is 0.798. The number of carbonyl (C=O) groups is 1. The van der Waals surface area contributed by atoms with Crippen molar-refractivity contribution in [3.8, 4) is 0 Å². The third-order valence-electron chi connectivity index (χ3n) is 1.35.